The van der Waals surface area contributed by atoms with Gasteiger partial charge in [-0.05, 0) is 30.0 Å². The van der Waals surface area contributed by atoms with Crippen molar-refractivity contribution in [1.82, 2.24) is 0 Å². The summed E-state index contributed by atoms with van der Waals surface area (Å²) >= 11 is 0. The molecule has 0 spiro atoms. The van der Waals surface area contributed by atoms with Crippen molar-refractivity contribution in [3.63, 3.8) is 0 Å². The van der Waals surface area contributed by atoms with Crippen LogP contribution < -0.4 is 0 Å². The highest BCUT2D eigenvalue weighted by molar-refractivity contribution is 5.69. The third-order valence-corrected chi connectivity index (χ3v) is 4.16. The van der Waals surface area contributed by atoms with Gasteiger partial charge in [0.1, 0.15) is 6.61 Å². The number of esters is 1. The molecule has 122 valence electrons. The summed E-state index contributed by atoms with van der Waals surface area (Å²) in [5.74, 6) is 0.345. The molecule has 0 aliphatic heterocycles. The maximum absolute atomic E-state index is 12.4. The summed E-state index contributed by atoms with van der Waals surface area (Å²) in [6, 6.07) is 4.70. The summed E-state index contributed by atoms with van der Waals surface area (Å²) in [5, 5.41) is 0. The van der Waals surface area contributed by atoms with Gasteiger partial charge in [0.15, 0.2) is 0 Å². The highest BCUT2D eigenvalue weighted by Gasteiger charge is 2.29. The maximum atomic E-state index is 12.4. The van der Waals surface area contributed by atoms with E-state index in [9.17, 15) is 18.0 Å². The quantitative estimate of drug-likeness (QED) is 0.706. The fourth-order valence-electron chi connectivity index (χ4n) is 2.82. The summed E-state index contributed by atoms with van der Waals surface area (Å²) in [6.07, 6.45) is 3.05. The molecule has 0 aromatic heterocycles. The van der Waals surface area contributed by atoms with Gasteiger partial charge in [0.2, 0.25) is 0 Å². The van der Waals surface area contributed by atoms with Crippen LogP contribution in [0, 0.1) is 5.92 Å². The lowest BCUT2D eigenvalue weighted by atomic mass is 9.86. The van der Waals surface area contributed by atoms with Gasteiger partial charge in [-0.1, -0.05) is 44.2 Å². The molecule has 1 saturated carbocycles. The van der Waals surface area contributed by atoms with Crippen LogP contribution >= 0.6 is 0 Å². The summed E-state index contributed by atoms with van der Waals surface area (Å²) in [5.41, 5.74) is -0.126. The molecule has 0 N–H and O–H groups in total. The number of rotatable bonds is 5. The van der Waals surface area contributed by atoms with Crippen molar-refractivity contribution in [3.8, 4) is 0 Å². The SMILES string of the molecule is O=C(CCC1CCCCC1)OCc1ccc(C(F)(F)F)cc1. The van der Waals surface area contributed by atoms with Crippen LogP contribution in [0.1, 0.15) is 56.1 Å². The van der Waals surface area contributed by atoms with Crippen molar-refractivity contribution in [1.29, 1.82) is 0 Å². The largest absolute Gasteiger partial charge is 0.461 e. The van der Waals surface area contributed by atoms with Gasteiger partial charge < -0.3 is 4.74 Å². The van der Waals surface area contributed by atoms with E-state index >= 15 is 0 Å². The fourth-order valence-corrected chi connectivity index (χ4v) is 2.82. The molecule has 1 aromatic carbocycles. The van der Waals surface area contributed by atoms with Crippen molar-refractivity contribution in [2.75, 3.05) is 0 Å². The third-order valence-electron chi connectivity index (χ3n) is 4.16. The topological polar surface area (TPSA) is 26.3 Å². The number of carbonyl (C=O) groups excluding carboxylic acids is 1. The lowest BCUT2D eigenvalue weighted by Crippen LogP contribution is -2.11. The van der Waals surface area contributed by atoms with E-state index in [1.807, 2.05) is 0 Å². The molecule has 0 radical (unpaired) electrons. The fraction of sp³-hybridized carbons (Fsp3) is 0.588. The molecule has 0 heterocycles. The van der Waals surface area contributed by atoms with E-state index in [0.717, 1.165) is 18.6 Å². The smallest absolute Gasteiger partial charge is 0.416 e. The summed E-state index contributed by atoms with van der Waals surface area (Å²) in [7, 11) is 0. The van der Waals surface area contributed by atoms with E-state index in [4.69, 9.17) is 4.74 Å². The first-order valence-electron chi connectivity index (χ1n) is 7.77. The van der Waals surface area contributed by atoms with Crippen LogP contribution in [-0.2, 0) is 22.3 Å². The van der Waals surface area contributed by atoms with Crippen LogP contribution in [-0.4, -0.2) is 5.97 Å². The van der Waals surface area contributed by atoms with Crippen LogP contribution in [0.3, 0.4) is 0 Å². The number of ether oxygens (including phenoxy) is 1. The van der Waals surface area contributed by atoms with E-state index < -0.39 is 11.7 Å². The molecular weight excluding hydrogens is 293 g/mol. The van der Waals surface area contributed by atoms with Crippen LogP contribution in [0.25, 0.3) is 0 Å². The summed E-state index contributed by atoms with van der Waals surface area (Å²) in [6.45, 7) is 0.0294. The second kappa shape index (κ2) is 7.65. The minimum Gasteiger partial charge on any atom is -0.461 e. The minimum atomic E-state index is -4.34. The summed E-state index contributed by atoms with van der Waals surface area (Å²) in [4.78, 5) is 11.7. The minimum absolute atomic E-state index is 0.0294. The molecule has 2 nitrogen and oxygen atoms in total. The van der Waals surface area contributed by atoms with E-state index in [2.05, 4.69) is 0 Å². The van der Waals surface area contributed by atoms with Gasteiger partial charge in [-0.2, -0.15) is 13.2 Å². The van der Waals surface area contributed by atoms with E-state index in [-0.39, 0.29) is 12.6 Å². The Morgan fingerprint density at radius 3 is 2.32 bits per heavy atom. The van der Waals surface area contributed by atoms with Crippen molar-refractivity contribution < 1.29 is 22.7 Å². The highest BCUT2D eigenvalue weighted by Crippen LogP contribution is 2.29. The van der Waals surface area contributed by atoms with Crippen LogP contribution in [0.5, 0.6) is 0 Å². The Hall–Kier alpha value is -1.52. The van der Waals surface area contributed by atoms with Crippen LogP contribution in [0.4, 0.5) is 13.2 Å². The Morgan fingerprint density at radius 1 is 1.09 bits per heavy atom. The Kier molecular flexibility index (Phi) is 5.86. The normalized spacial score (nSPS) is 16.5. The average Bonchev–Trinajstić information content (AvgIpc) is 2.51. The van der Waals surface area contributed by atoms with Crippen molar-refractivity contribution in [3.05, 3.63) is 35.4 Å². The monoisotopic (exact) mass is 314 g/mol. The van der Waals surface area contributed by atoms with E-state index in [1.54, 1.807) is 0 Å². The zero-order chi connectivity index (χ0) is 16.0. The van der Waals surface area contributed by atoms with Crippen LogP contribution in [0.2, 0.25) is 0 Å². The molecule has 0 saturated heterocycles. The number of carbonyl (C=O) groups is 1. The number of benzene rings is 1. The third kappa shape index (κ3) is 5.35. The Morgan fingerprint density at radius 2 is 1.73 bits per heavy atom. The zero-order valence-corrected chi connectivity index (χ0v) is 12.5. The molecule has 0 amide bonds. The van der Waals surface area contributed by atoms with E-state index in [1.165, 1.54) is 44.2 Å². The molecule has 1 aliphatic rings. The van der Waals surface area contributed by atoms with Gasteiger partial charge in [-0.15, -0.1) is 0 Å². The Balaban J connectivity index is 1.71. The number of hydrogen-bond donors (Lipinski definition) is 0. The number of hydrogen-bond acceptors (Lipinski definition) is 2. The predicted octanol–water partition coefficient (Wildman–Crippen LogP) is 5.11. The lowest BCUT2D eigenvalue weighted by Gasteiger charge is -2.20. The molecule has 22 heavy (non-hydrogen) atoms. The highest BCUT2D eigenvalue weighted by atomic mass is 19.4. The molecule has 0 unspecified atom stereocenters. The standard InChI is InChI=1S/C17H21F3O2/c18-17(19,20)15-9-6-14(7-10-15)12-22-16(21)11-8-13-4-2-1-3-5-13/h6-7,9-10,13H,1-5,8,11-12H2. The van der Waals surface area contributed by atoms with Gasteiger partial charge in [0.25, 0.3) is 0 Å². The van der Waals surface area contributed by atoms with Gasteiger partial charge >= 0.3 is 12.1 Å². The summed E-state index contributed by atoms with van der Waals surface area (Å²) < 4.78 is 42.4. The molecule has 5 heteroatoms. The van der Waals surface area contributed by atoms with Gasteiger partial charge in [-0.3, -0.25) is 4.79 Å². The Labute approximate surface area is 128 Å². The Bertz CT molecular complexity index is 474. The second-order valence-corrected chi connectivity index (χ2v) is 5.90. The van der Waals surface area contributed by atoms with Crippen LogP contribution in [0.15, 0.2) is 24.3 Å². The van der Waals surface area contributed by atoms with E-state index in [0.29, 0.717) is 17.9 Å². The first kappa shape index (κ1) is 16.8. The van der Waals surface area contributed by atoms with Crippen molar-refractivity contribution >= 4 is 5.97 Å². The molecule has 1 aliphatic carbocycles. The lowest BCUT2D eigenvalue weighted by molar-refractivity contribution is -0.145. The number of alkyl halides is 3. The first-order chi connectivity index (χ1) is 10.4. The predicted molar refractivity (Wildman–Crippen MR) is 77.0 cm³/mol. The molecule has 0 atom stereocenters. The maximum Gasteiger partial charge on any atom is 0.416 e. The zero-order valence-electron chi connectivity index (χ0n) is 12.5. The molecule has 1 aromatic rings. The number of halogens is 3. The van der Waals surface area contributed by atoms with Gasteiger partial charge in [-0.25, -0.2) is 0 Å². The first-order valence-corrected chi connectivity index (χ1v) is 7.77. The molecule has 0 bridgehead atoms. The van der Waals surface area contributed by atoms with Crippen molar-refractivity contribution in [2.24, 2.45) is 5.92 Å². The van der Waals surface area contributed by atoms with Crippen molar-refractivity contribution in [2.45, 2.75) is 57.7 Å². The molecular formula is C17H21F3O2. The second-order valence-electron chi connectivity index (χ2n) is 5.90. The van der Waals surface area contributed by atoms with Gasteiger partial charge in [0, 0.05) is 6.42 Å². The average molecular weight is 314 g/mol. The molecule has 2 rings (SSSR count). The van der Waals surface area contributed by atoms with Gasteiger partial charge in [0.05, 0.1) is 5.56 Å². The molecule has 1 fully saturated rings.